The van der Waals surface area contributed by atoms with Gasteiger partial charge in [-0.05, 0) is 18.2 Å². The van der Waals surface area contributed by atoms with E-state index < -0.39 is 23.5 Å². The van der Waals surface area contributed by atoms with Gasteiger partial charge in [0.25, 0.3) is 5.91 Å². The van der Waals surface area contributed by atoms with Crippen LogP contribution in [0.2, 0.25) is 0 Å². The van der Waals surface area contributed by atoms with E-state index in [4.69, 9.17) is 0 Å². The van der Waals surface area contributed by atoms with Crippen molar-refractivity contribution in [1.29, 1.82) is 0 Å². The fraction of sp³-hybridized carbons (Fsp3) is 0.250. The van der Waals surface area contributed by atoms with E-state index in [9.17, 15) is 27.2 Å². The molecule has 0 fully saturated rings. The summed E-state index contributed by atoms with van der Waals surface area (Å²) in [6.45, 7) is 0.307. The molecule has 3 aromatic rings. The first-order valence-corrected chi connectivity index (χ1v) is 10.2. The van der Waals surface area contributed by atoms with Crippen molar-refractivity contribution in [2.75, 3.05) is 31.0 Å². The molecular weight excluding hydrogens is 450 g/mol. The first-order valence-electron chi connectivity index (χ1n) is 9.33. The fourth-order valence-electron chi connectivity index (χ4n) is 3.45. The van der Waals surface area contributed by atoms with Crippen molar-refractivity contribution < 1.29 is 27.2 Å². The lowest BCUT2D eigenvalue weighted by Crippen LogP contribution is -2.43. The lowest BCUT2D eigenvalue weighted by molar-refractivity contribution is -0.140. The van der Waals surface area contributed by atoms with Crippen molar-refractivity contribution in [1.82, 2.24) is 14.5 Å². The molecule has 32 heavy (non-hydrogen) atoms. The van der Waals surface area contributed by atoms with Crippen molar-refractivity contribution in [2.24, 2.45) is 0 Å². The van der Waals surface area contributed by atoms with Gasteiger partial charge in [-0.3, -0.25) is 9.59 Å². The highest BCUT2D eigenvalue weighted by molar-refractivity contribution is 7.14. The van der Waals surface area contributed by atoms with Crippen LogP contribution in [-0.2, 0) is 17.5 Å². The zero-order chi connectivity index (χ0) is 23.2. The van der Waals surface area contributed by atoms with Crippen molar-refractivity contribution in [2.45, 2.75) is 12.7 Å². The smallest absolute Gasteiger partial charge is 0.355 e. The van der Waals surface area contributed by atoms with Crippen molar-refractivity contribution in [3.8, 4) is 11.3 Å². The number of anilines is 2. The maximum absolute atomic E-state index is 13.8. The summed E-state index contributed by atoms with van der Waals surface area (Å²) < 4.78 is 53.6. The van der Waals surface area contributed by atoms with Gasteiger partial charge in [0.1, 0.15) is 18.1 Å². The van der Waals surface area contributed by atoms with Crippen molar-refractivity contribution in [3.05, 3.63) is 52.9 Å². The second-order valence-corrected chi connectivity index (χ2v) is 8.16. The minimum atomic E-state index is -4.79. The van der Waals surface area contributed by atoms with E-state index in [-0.39, 0.29) is 28.8 Å². The summed E-state index contributed by atoms with van der Waals surface area (Å²) in [7, 11) is 3.51. The Labute approximate surface area is 183 Å². The molecule has 0 radical (unpaired) electrons. The van der Waals surface area contributed by atoms with Gasteiger partial charge in [-0.2, -0.15) is 13.2 Å². The van der Waals surface area contributed by atoms with Gasteiger partial charge >= 0.3 is 6.18 Å². The summed E-state index contributed by atoms with van der Waals surface area (Å²) in [4.78, 5) is 32.6. The van der Waals surface area contributed by atoms with Crippen LogP contribution in [0.4, 0.5) is 28.4 Å². The van der Waals surface area contributed by atoms with Gasteiger partial charge in [0.15, 0.2) is 5.13 Å². The Bertz CT molecular complexity index is 1200. The molecule has 0 spiro atoms. The van der Waals surface area contributed by atoms with Gasteiger partial charge < -0.3 is 19.7 Å². The average Bonchev–Trinajstić information content (AvgIpc) is 3.33. The number of thiazole rings is 1. The molecule has 1 aliphatic rings. The number of hydrogen-bond acceptors (Lipinski definition) is 5. The molecule has 1 aromatic carbocycles. The Kier molecular flexibility index (Phi) is 5.41. The number of carbonyl (C=O) groups is 2. The second-order valence-electron chi connectivity index (χ2n) is 7.30. The Hall–Kier alpha value is -3.41. The molecule has 12 heteroatoms. The summed E-state index contributed by atoms with van der Waals surface area (Å²) >= 11 is 1.05. The number of benzene rings is 1. The molecule has 168 valence electrons. The Morgan fingerprint density at radius 3 is 2.66 bits per heavy atom. The maximum atomic E-state index is 13.8. The van der Waals surface area contributed by atoms with Gasteiger partial charge in [-0.25, -0.2) is 9.37 Å². The van der Waals surface area contributed by atoms with Crippen LogP contribution in [0.5, 0.6) is 0 Å². The van der Waals surface area contributed by atoms with Crippen molar-refractivity contribution >= 4 is 34.0 Å². The predicted octanol–water partition coefficient (Wildman–Crippen LogP) is 3.89. The monoisotopic (exact) mass is 467 g/mol. The number of aromatic nitrogens is 2. The molecule has 3 heterocycles. The van der Waals surface area contributed by atoms with Gasteiger partial charge in [0.05, 0.1) is 23.6 Å². The molecule has 7 nitrogen and oxygen atoms in total. The second kappa shape index (κ2) is 7.93. The SMILES string of the molecule is CN1CN(C)c2ccn(CC(=O)Nc3nc(-c4ccc(C(F)(F)F)c(F)c4)cs3)c2C1=O. The third-order valence-electron chi connectivity index (χ3n) is 4.96. The van der Waals surface area contributed by atoms with Crippen LogP contribution in [0.25, 0.3) is 11.3 Å². The van der Waals surface area contributed by atoms with Crippen LogP contribution in [0.15, 0.2) is 35.8 Å². The number of halogens is 4. The van der Waals surface area contributed by atoms with Gasteiger partial charge in [0, 0.05) is 31.2 Å². The molecule has 0 saturated heterocycles. The molecule has 0 saturated carbocycles. The summed E-state index contributed by atoms with van der Waals surface area (Å²) in [5, 5.41) is 4.30. The van der Waals surface area contributed by atoms with Gasteiger partial charge in [0.2, 0.25) is 5.91 Å². The standard InChI is InChI=1S/C20H17F4N5O2S/c1-27-10-28(2)18(31)17-15(27)5-6-29(17)8-16(30)26-19-25-14(9-32-19)11-3-4-12(13(21)7-11)20(22,23)24/h3-7,9H,8,10H2,1-2H3,(H,25,26,30). The van der Waals surface area contributed by atoms with Crippen LogP contribution in [0.1, 0.15) is 16.1 Å². The van der Waals surface area contributed by atoms with E-state index in [1.807, 2.05) is 11.9 Å². The van der Waals surface area contributed by atoms with Crippen LogP contribution in [0, 0.1) is 5.82 Å². The van der Waals surface area contributed by atoms with Crippen LogP contribution in [0.3, 0.4) is 0 Å². The number of amides is 2. The molecule has 2 aromatic heterocycles. The lowest BCUT2D eigenvalue weighted by atomic mass is 10.1. The number of alkyl halides is 3. The van der Waals surface area contributed by atoms with E-state index in [0.717, 1.165) is 29.2 Å². The van der Waals surface area contributed by atoms with Crippen LogP contribution in [-0.4, -0.2) is 47.0 Å². The average molecular weight is 467 g/mol. The highest BCUT2D eigenvalue weighted by Gasteiger charge is 2.34. The number of nitrogens with one attached hydrogen (secondary N) is 1. The molecule has 0 atom stereocenters. The normalized spacial score (nSPS) is 14.0. The molecule has 2 amide bonds. The number of rotatable bonds is 4. The molecule has 1 N–H and O–H groups in total. The zero-order valence-corrected chi connectivity index (χ0v) is 17.7. The molecule has 0 bridgehead atoms. The minimum Gasteiger partial charge on any atom is -0.355 e. The fourth-order valence-corrected chi connectivity index (χ4v) is 4.19. The Morgan fingerprint density at radius 1 is 1.22 bits per heavy atom. The van der Waals surface area contributed by atoms with Crippen LogP contribution >= 0.6 is 11.3 Å². The molecular formula is C20H17F4N5O2S. The number of carbonyl (C=O) groups excluding carboxylic acids is 2. The van der Waals surface area contributed by atoms with E-state index in [2.05, 4.69) is 10.3 Å². The third kappa shape index (κ3) is 4.05. The largest absolute Gasteiger partial charge is 0.419 e. The first kappa shape index (κ1) is 21.8. The highest BCUT2D eigenvalue weighted by atomic mass is 32.1. The van der Waals surface area contributed by atoms with Gasteiger partial charge in [-0.1, -0.05) is 6.07 Å². The predicted molar refractivity (Wildman–Crippen MR) is 111 cm³/mol. The highest BCUT2D eigenvalue weighted by Crippen LogP contribution is 2.34. The topological polar surface area (TPSA) is 70.5 Å². The summed E-state index contributed by atoms with van der Waals surface area (Å²) in [6.07, 6.45) is -3.14. The van der Waals surface area contributed by atoms with E-state index in [1.165, 1.54) is 10.3 Å². The van der Waals surface area contributed by atoms with Crippen molar-refractivity contribution in [3.63, 3.8) is 0 Å². The minimum absolute atomic E-state index is 0.132. The van der Waals surface area contributed by atoms with Crippen LogP contribution < -0.4 is 10.2 Å². The number of fused-ring (bicyclic) bond motifs is 1. The quantitative estimate of drug-likeness (QED) is 0.592. The third-order valence-corrected chi connectivity index (χ3v) is 5.72. The Morgan fingerprint density at radius 2 is 1.97 bits per heavy atom. The lowest BCUT2D eigenvalue weighted by Gasteiger charge is -2.32. The molecule has 0 unspecified atom stereocenters. The first-order chi connectivity index (χ1) is 15.0. The van der Waals surface area contributed by atoms with E-state index in [1.54, 1.807) is 23.9 Å². The molecule has 1 aliphatic heterocycles. The maximum Gasteiger partial charge on any atom is 0.419 e. The summed E-state index contributed by atoms with van der Waals surface area (Å²) in [5.41, 5.74) is 0.155. The van der Waals surface area contributed by atoms with E-state index in [0.29, 0.717) is 18.4 Å². The number of hydrogen-bond donors (Lipinski definition) is 1. The summed E-state index contributed by atoms with van der Waals surface area (Å²) in [6, 6.07) is 4.29. The molecule has 0 aliphatic carbocycles. The molecule has 4 rings (SSSR count). The van der Waals surface area contributed by atoms with Gasteiger partial charge in [-0.15, -0.1) is 11.3 Å². The Balaban J connectivity index is 1.48. The number of nitrogens with zero attached hydrogens (tertiary/aromatic N) is 4. The zero-order valence-electron chi connectivity index (χ0n) is 16.9. The van der Waals surface area contributed by atoms with E-state index >= 15 is 0 Å². The summed E-state index contributed by atoms with van der Waals surface area (Å²) in [5.74, 6) is -2.03.